The number of hydrogen-bond donors (Lipinski definition) is 1. The standard InChI is InChI=1S/C16H21N3O3/c1-16(2,3)13(9-20)19(4)15(21)12-7-5-11(6-8-12)14-17-10-22-18-14/h5-8,10,13,20H,9H2,1-4H3/t13-/m0/s1. The molecule has 6 heteroatoms. The molecule has 0 saturated carbocycles. The minimum atomic E-state index is -0.253. The van der Waals surface area contributed by atoms with E-state index in [1.165, 1.54) is 6.39 Å². The Morgan fingerprint density at radius 2 is 1.95 bits per heavy atom. The molecule has 0 fully saturated rings. The summed E-state index contributed by atoms with van der Waals surface area (Å²) in [5, 5.41) is 13.3. The third-order valence-corrected chi connectivity index (χ3v) is 3.71. The topological polar surface area (TPSA) is 79.5 Å². The van der Waals surface area contributed by atoms with Crippen LogP contribution in [0.15, 0.2) is 35.2 Å². The fraction of sp³-hybridized carbons (Fsp3) is 0.438. The van der Waals surface area contributed by atoms with Crippen molar-refractivity contribution >= 4 is 5.91 Å². The van der Waals surface area contributed by atoms with E-state index in [1.807, 2.05) is 20.8 Å². The van der Waals surface area contributed by atoms with Gasteiger partial charge >= 0.3 is 0 Å². The summed E-state index contributed by atoms with van der Waals surface area (Å²) >= 11 is 0. The lowest BCUT2D eigenvalue weighted by Gasteiger charge is -2.36. The molecular weight excluding hydrogens is 282 g/mol. The Bertz CT molecular complexity index is 615. The Morgan fingerprint density at radius 3 is 2.41 bits per heavy atom. The van der Waals surface area contributed by atoms with Crippen LogP contribution in [-0.4, -0.2) is 45.8 Å². The van der Waals surface area contributed by atoms with E-state index < -0.39 is 0 Å². The Morgan fingerprint density at radius 1 is 1.32 bits per heavy atom. The molecule has 0 aliphatic rings. The second-order valence-corrected chi connectivity index (χ2v) is 6.31. The summed E-state index contributed by atoms with van der Waals surface area (Å²) in [4.78, 5) is 18.1. The molecule has 6 nitrogen and oxygen atoms in total. The van der Waals surface area contributed by atoms with E-state index in [0.29, 0.717) is 11.4 Å². The van der Waals surface area contributed by atoms with Gasteiger partial charge in [-0.1, -0.05) is 38.1 Å². The normalized spacial score (nSPS) is 13.0. The largest absolute Gasteiger partial charge is 0.394 e. The molecule has 1 heterocycles. The Labute approximate surface area is 129 Å². The van der Waals surface area contributed by atoms with Gasteiger partial charge in [0.15, 0.2) is 0 Å². The number of carbonyl (C=O) groups is 1. The van der Waals surface area contributed by atoms with Gasteiger partial charge in [-0.15, -0.1) is 0 Å². The van der Waals surface area contributed by atoms with Crippen molar-refractivity contribution in [2.45, 2.75) is 26.8 Å². The maximum atomic E-state index is 12.6. The van der Waals surface area contributed by atoms with Crippen molar-refractivity contribution in [3.8, 4) is 11.4 Å². The first-order valence-electron chi connectivity index (χ1n) is 7.09. The van der Waals surface area contributed by atoms with Crippen LogP contribution in [0, 0.1) is 5.41 Å². The molecule has 0 aliphatic heterocycles. The fourth-order valence-corrected chi connectivity index (χ4v) is 2.38. The summed E-state index contributed by atoms with van der Waals surface area (Å²) in [6.45, 7) is 5.91. The summed E-state index contributed by atoms with van der Waals surface area (Å²) in [6, 6.07) is 6.74. The highest BCUT2D eigenvalue weighted by molar-refractivity contribution is 5.94. The van der Waals surface area contributed by atoms with Crippen LogP contribution in [0.1, 0.15) is 31.1 Å². The molecule has 22 heavy (non-hydrogen) atoms. The third kappa shape index (κ3) is 3.33. The Kier molecular flexibility index (Phi) is 4.61. The minimum absolute atomic E-state index is 0.0767. The van der Waals surface area contributed by atoms with E-state index in [1.54, 1.807) is 36.2 Å². The molecular formula is C16H21N3O3. The van der Waals surface area contributed by atoms with Crippen molar-refractivity contribution in [3.63, 3.8) is 0 Å². The molecule has 2 rings (SSSR count). The van der Waals surface area contributed by atoms with Gasteiger partial charge in [-0.25, -0.2) is 0 Å². The molecule has 0 saturated heterocycles. The summed E-state index contributed by atoms with van der Waals surface area (Å²) in [6.07, 6.45) is 1.26. The van der Waals surface area contributed by atoms with Gasteiger partial charge in [0, 0.05) is 18.2 Å². The second kappa shape index (κ2) is 6.27. The summed E-state index contributed by atoms with van der Waals surface area (Å²) in [5.41, 5.74) is 1.13. The van der Waals surface area contributed by atoms with Crippen molar-refractivity contribution in [1.82, 2.24) is 15.0 Å². The van der Waals surface area contributed by atoms with Crippen LogP contribution in [0.3, 0.4) is 0 Å². The number of likely N-dealkylation sites (N-methyl/N-ethyl adjacent to an activating group) is 1. The van der Waals surface area contributed by atoms with Crippen LogP contribution in [-0.2, 0) is 0 Å². The van der Waals surface area contributed by atoms with Gasteiger partial charge in [0.25, 0.3) is 5.91 Å². The van der Waals surface area contributed by atoms with E-state index in [2.05, 4.69) is 10.1 Å². The average molecular weight is 303 g/mol. The molecule has 0 aliphatic carbocycles. The highest BCUT2D eigenvalue weighted by Crippen LogP contribution is 2.25. The van der Waals surface area contributed by atoms with E-state index in [0.717, 1.165) is 5.56 Å². The highest BCUT2D eigenvalue weighted by Gasteiger charge is 2.30. The summed E-state index contributed by atoms with van der Waals surface area (Å²) in [5.74, 6) is 0.351. The number of aliphatic hydroxyl groups is 1. The van der Waals surface area contributed by atoms with Gasteiger partial charge in [-0.3, -0.25) is 4.79 Å². The lowest BCUT2D eigenvalue weighted by atomic mass is 9.86. The molecule has 0 unspecified atom stereocenters. The lowest BCUT2D eigenvalue weighted by Crippen LogP contribution is -2.47. The molecule has 1 atom stereocenters. The minimum Gasteiger partial charge on any atom is -0.394 e. The highest BCUT2D eigenvalue weighted by atomic mass is 16.5. The van der Waals surface area contributed by atoms with Gasteiger partial charge < -0.3 is 14.5 Å². The van der Waals surface area contributed by atoms with Gasteiger partial charge in [0.1, 0.15) is 0 Å². The smallest absolute Gasteiger partial charge is 0.253 e. The Balaban J connectivity index is 2.19. The van der Waals surface area contributed by atoms with Gasteiger partial charge in [0.2, 0.25) is 12.2 Å². The Hall–Kier alpha value is -2.21. The van der Waals surface area contributed by atoms with Crippen molar-refractivity contribution in [2.75, 3.05) is 13.7 Å². The molecule has 1 aromatic carbocycles. The van der Waals surface area contributed by atoms with Crippen LogP contribution in [0.4, 0.5) is 0 Å². The zero-order chi connectivity index (χ0) is 16.3. The third-order valence-electron chi connectivity index (χ3n) is 3.71. The number of carbonyl (C=O) groups excluding carboxylic acids is 1. The first kappa shape index (κ1) is 16.2. The number of hydrogen-bond acceptors (Lipinski definition) is 5. The molecule has 1 amide bonds. The van der Waals surface area contributed by atoms with Gasteiger partial charge in [-0.05, 0) is 17.5 Å². The molecule has 0 spiro atoms. The first-order valence-corrected chi connectivity index (χ1v) is 7.09. The number of amides is 1. The molecule has 1 N–H and O–H groups in total. The zero-order valence-corrected chi connectivity index (χ0v) is 13.3. The number of aromatic nitrogens is 2. The van der Waals surface area contributed by atoms with Crippen LogP contribution in [0.2, 0.25) is 0 Å². The predicted molar refractivity (Wildman–Crippen MR) is 82.2 cm³/mol. The zero-order valence-electron chi connectivity index (χ0n) is 13.3. The van der Waals surface area contributed by atoms with Crippen molar-refractivity contribution in [2.24, 2.45) is 5.41 Å². The van der Waals surface area contributed by atoms with Crippen LogP contribution < -0.4 is 0 Å². The maximum absolute atomic E-state index is 12.6. The van der Waals surface area contributed by atoms with E-state index in [-0.39, 0.29) is 24.0 Å². The maximum Gasteiger partial charge on any atom is 0.253 e. The quantitative estimate of drug-likeness (QED) is 0.936. The average Bonchev–Trinajstić information content (AvgIpc) is 3.00. The second-order valence-electron chi connectivity index (χ2n) is 6.31. The van der Waals surface area contributed by atoms with Crippen molar-refractivity contribution < 1.29 is 14.4 Å². The number of nitrogens with zero attached hydrogens (tertiary/aromatic N) is 3. The van der Waals surface area contributed by atoms with Gasteiger partial charge in [-0.2, -0.15) is 4.98 Å². The predicted octanol–water partition coefficient (Wildman–Crippen LogP) is 2.22. The fourth-order valence-electron chi connectivity index (χ4n) is 2.38. The van der Waals surface area contributed by atoms with E-state index in [4.69, 9.17) is 4.52 Å². The van der Waals surface area contributed by atoms with Crippen molar-refractivity contribution in [1.29, 1.82) is 0 Å². The molecule has 2 aromatic rings. The number of rotatable bonds is 4. The van der Waals surface area contributed by atoms with E-state index >= 15 is 0 Å². The molecule has 0 radical (unpaired) electrons. The SMILES string of the molecule is CN(C(=O)c1ccc(-c2ncon2)cc1)[C@@H](CO)C(C)(C)C. The first-order chi connectivity index (χ1) is 10.3. The van der Waals surface area contributed by atoms with Gasteiger partial charge in [0.05, 0.1) is 12.6 Å². The van der Waals surface area contributed by atoms with Crippen LogP contribution in [0.5, 0.6) is 0 Å². The van der Waals surface area contributed by atoms with Crippen molar-refractivity contribution in [3.05, 3.63) is 36.2 Å². The van der Waals surface area contributed by atoms with Crippen LogP contribution in [0.25, 0.3) is 11.4 Å². The molecule has 118 valence electrons. The summed E-state index contributed by atoms with van der Waals surface area (Å²) in [7, 11) is 1.71. The lowest BCUT2D eigenvalue weighted by molar-refractivity contribution is 0.0434. The number of benzene rings is 1. The monoisotopic (exact) mass is 303 g/mol. The number of aliphatic hydroxyl groups excluding tert-OH is 1. The van der Waals surface area contributed by atoms with Crippen LogP contribution >= 0.6 is 0 Å². The summed E-state index contributed by atoms with van der Waals surface area (Å²) < 4.78 is 4.70. The van der Waals surface area contributed by atoms with E-state index in [9.17, 15) is 9.90 Å². The molecule has 1 aromatic heterocycles. The molecule has 0 bridgehead atoms.